The molecule has 0 radical (unpaired) electrons. The molecule has 8 nitrogen and oxygen atoms in total. The number of pyridine rings is 1. The lowest BCUT2D eigenvalue weighted by Gasteiger charge is -2.35. The number of aromatic nitrogens is 2. The van der Waals surface area contributed by atoms with Gasteiger partial charge < -0.3 is 19.4 Å². The SMILES string of the molecule is Cc1cccc(N2CCN(C(=O)c3csc(C4CCN(C(=O)c5ccc(OC(C)C)cc5)CC4)n3)CC2)n1. The average molecular weight is 534 g/mol. The molecule has 2 aromatic heterocycles. The number of piperazine rings is 1. The number of hydrogen-bond acceptors (Lipinski definition) is 7. The second-order valence-corrected chi connectivity index (χ2v) is 11.1. The lowest BCUT2D eigenvalue weighted by molar-refractivity contribution is 0.0712. The Morgan fingerprint density at radius 1 is 0.895 bits per heavy atom. The van der Waals surface area contributed by atoms with Gasteiger partial charge in [-0.2, -0.15) is 0 Å². The largest absolute Gasteiger partial charge is 0.491 e. The molecule has 0 N–H and O–H groups in total. The van der Waals surface area contributed by atoms with Gasteiger partial charge in [0.25, 0.3) is 11.8 Å². The maximum atomic E-state index is 13.1. The van der Waals surface area contributed by atoms with Gasteiger partial charge in [0.05, 0.1) is 11.1 Å². The number of likely N-dealkylation sites (tertiary alicyclic amines) is 1. The summed E-state index contributed by atoms with van der Waals surface area (Å²) >= 11 is 1.56. The molecular formula is C29H35N5O3S. The zero-order valence-electron chi connectivity index (χ0n) is 22.3. The monoisotopic (exact) mass is 533 g/mol. The van der Waals surface area contributed by atoms with Crippen LogP contribution >= 0.6 is 11.3 Å². The fraction of sp³-hybridized carbons (Fsp3) is 0.448. The highest BCUT2D eigenvalue weighted by molar-refractivity contribution is 7.09. The summed E-state index contributed by atoms with van der Waals surface area (Å²) in [5.41, 5.74) is 2.21. The first kappa shape index (κ1) is 26.2. The fourth-order valence-electron chi connectivity index (χ4n) is 5.04. The van der Waals surface area contributed by atoms with Crippen LogP contribution in [-0.4, -0.2) is 77.0 Å². The minimum absolute atomic E-state index is 0.00172. The standard InChI is InChI=1S/C29H35N5O3S/c1-20(2)37-24-9-7-23(8-10-24)28(35)33-13-11-22(12-14-33)27-31-25(19-38-27)29(36)34-17-15-32(16-18-34)26-6-4-5-21(3)30-26/h4-10,19-20,22H,11-18H2,1-3H3. The molecule has 2 amide bonds. The summed E-state index contributed by atoms with van der Waals surface area (Å²) in [4.78, 5) is 41.5. The van der Waals surface area contributed by atoms with E-state index in [1.54, 1.807) is 11.3 Å². The molecule has 1 aromatic carbocycles. The molecule has 2 fully saturated rings. The van der Waals surface area contributed by atoms with Crippen LogP contribution in [0, 0.1) is 6.92 Å². The van der Waals surface area contributed by atoms with Gasteiger partial charge in [0, 0.05) is 61.8 Å². The van der Waals surface area contributed by atoms with Crippen LogP contribution in [0.25, 0.3) is 0 Å². The topological polar surface area (TPSA) is 78.9 Å². The summed E-state index contributed by atoms with van der Waals surface area (Å²) in [5.74, 6) is 2.07. The lowest BCUT2D eigenvalue weighted by atomic mass is 9.97. The van der Waals surface area contributed by atoms with Gasteiger partial charge in [0.2, 0.25) is 0 Å². The number of thiazole rings is 1. The molecule has 0 bridgehead atoms. The third kappa shape index (κ3) is 5.99. The summed E-state index contributed by atoms with van der Waals surface area (Å²) in [6, 6.07) is 13.4. The Bertz CT molecular complexity index is 1260. The molecular weight excluding hydrogens is 498 g/mol. The van der Waals surface area contributed by atoms with Gasteiger partial charge in [-0.05, 0) is 70.0 Å². The van der Waals surface area contributed by atoms with E-state index in [9.17, 15) is 9.59 Å². The van der Waals surface area contributed by atoms with Crippen molar-refractivity contribution in [3.8, 4) is 5.75 Å². The second kappa shape index (κ2) is 11.5. The lowest BCUT2D eigenvalue weighted by Crippen LogP contribution is -2.49. The van der Waals surface area contributed by atoms with E-state index in [0.29, 0.717) is 37.4 Å². The Kier molecular flexibility index (Phi) is 7.93. The van der Waals surface area contributed by atoms with E-state index in [-0.39, 0.29) is 23.8 Å². The summed E-state index contributed by atoms with van der Waals surface area (Å²) < 4.78 is 5.68. The summed E-state index contributed by atoms with van der Waals surface area (Å²) in [6.45, 7) is 10.2. The molecule has 2 aliphatic heterocycles. The molecule has 4 heterocycles. The number of rotatable bonds is 6. The number of piperidine rings is 1. The van der Waals surface area contributed by atoms with Crippen molar-refractivity contribution in [3.05, 3.63) is 69.8 Å². The van der Waals surface area contributed by atoms with Crippen molar-refractivity contribution in [1.82, 2.24) is 19.8 Å². The first-order chi connectivity index (χ1) is 18.4. The fourth-order valence-corrected chi connectivity index (χ4v) is 6.00. The molecule has 0 unspecified atom stereocenters. The van der Waals surface area contributed by atoms with E-state index >= 15 is 0 Å². The highest BCUT2D eigenvalue weighted by Crippen LogP contribution is 2.31. The van der Waals surface area contributed by atoms with Crippen LogP contribution in [0.1, 0.15) is 64.2 Å². The number of nitrogens with zero attached hydrogens (tertiary/aromatic N) is 5. The number of carbonyl (C=O) groups is 2. The molecule has 3 aromatic rings. The van der Waals surface area contributed by atoms with Crippen LogP contribution in [0.15, 0.2) is 47.8 Å². The Labute approximate surface area is 228 Å². The highest BCUT2D eigenvalue weighted by Gasteiger charge is 2.29. The molecule has 38 heavy (non-hydrogen) atoms. The predicted octanol–water partition coefficient (Wildman–Crippen LogP) is 4.62. The Morgan fingerprint density at radius 3 is 2.24 bits per heavy atom. The van der Waals surface area contributed by atoms with Crippen LogP contribution in [-0.2, 0) is 0 Å². The van der Waals surface area contributed by atoms with Crippen molar-refractivity contribution in [2.45, 2.75) is 45.6 Å². The van der Waals surface area contributed by atoms with Gasteiger partial charge in [0.15, 0.2) is 0 Å². The Morgan fingerprint density at radius 2 is 1.58 bits per heavy atom. The number of anilines is 1. The van der Waals surface area contributed by atoms with E-state index in [1.165, 1.54) is 0 Å². The van der Waals surface area contributed by atoms with Gasteiger partial charge in [-0.3, -0.25) is 9.59 Å². The van der Waals surface area contributed by atoms with E-state index in [4.69, 9.17) is 9.72 Å². The van der Waals surface area contributed by atoms with Gasteiger partial charge >= 0.3 is 0 Å². The third-order valence-electron chi connectivity index (χ3n) is 7.11. The summed E-state index contributed by atoms with van der Waals surface area (Å²) in [7, 11) is 0. The predicted molar refractivity (Wildman–Crippen MR) is 149 cm³/mol. The molecule has 0 aliphatic carbocycles. The van der Waals surface area contributed by atoms with Gasteiger partial charge in [-0.25, -0.2) is 9.97 Å². The zero-order valence-corrected chi connectivity index (χ0v) is 23.1. The number of carbonyl (C=O) groups excluding carboxylic acids is 2. The number of ether oxygens (including phenoxy) is 1. The van der Waals surface area contributed by atoms with E-state index in [0.717, 1.165) is 48.2 Å². The zero-order chi connectivity index (χ0) is 26.6. The second-order valence-electron chi connectivity index (χ2n) is 10.2. The van der Waals surface area contributed by atoms with Crippen LogP contribution < -0.4 is 9.64 Å². The van der Waals surface area contributed by atoms with Crippen molar-refractivity contribution in [1.29, 1.82) is 0 Å². The van der Waals surface area contributed by atoms with E-state index < -0.39 is 0 Å². The molecule has 2 saturated heterocycles. The minimum atomic E-state index is 0.00172. The maximum Gasteiger partial charge on any atom is 0.273 e. The quantitative estimate of drug-likeness (QED) is 0.460. The number of benzene rings is 1. The van der Waals surface area contributed by atoms with Crippen molar-refractivity contribution in [2.75, 3.05) is 44.2 Å². The van der Waals surface area contributed by atoms with Gasteiger partial charge in [-0.1, -0.05) is 6.07 Å². The first-order valence-electron chi connectivity index (χ1n) is 13.4. The van der Waals surface area contributed by atoms with Gasteiger partial charge in [-0.15, -0.1) is 11.3 Å². The van der Waals surface area contributed by atoms with Crippen LogP contribution in [0.5, 0.6) is 5.75 Å². The number of aryl methyl sites for hydroxylation is 1. The number of hydrogen-bond donors (Lipinski definition) is 0. The molecule has 2 aliphatic rings. The molecule has 200 valence electrons. The Balaban J connectivity index is 1.12. The van der Waals surface area contributed by atoms with E-state index in [1.807, 2.05) is 78.4 Å². The molecule has 0 saturated carbocycles. The van der Waals surface area contributed by atoms with Crippen LogP contribution in [0.2, 0.25) is 0 Å². The summed E-state index contributed by atoms with van der Waals surface area (Å²) in [5, 5.41) is 2.89. The van der Waals surface area contributed by atoms with Crippen LogP contribution in [0.3, 0.4) is 0 Å². The molecule has 9 heteroatoms. The van der Waals surface area contributed by atoms with Gasteiger partial charge in [0.1, 0.15) is 17.3 Å². The minimum Gasteiger partial charge on any atom is -0.491 e. The van der Waals surface area contributed by atoms with Crippen molar-refractivity contribution in [3.63, 3.8) is 0 Å². The summed E-state index contributed by atoms with van der Waals surface area (Å²) in [6.07, 6.45) is 1.80. The Hall–Kier alpha value is -3.46. The van der Waals surface area contributed by atoms with Crippen molar-refractivity contribution < 1.29 is 14.3 Å². The number of amides is 2. The smallest absolute Gasteiger partial charge is 0.273 e. The molecule has 5 rings (SSSR count). The maximum absolute atomic E-state index is 13.1. The van der Waals surface area contributed by atoms with Crippen molar-refractivity contribution in [2.24, 2.45) is 0 Å². The third-order valence-corrected chi connectivity index (χ3v) is 8.12. The van der Waals surface area contributed by atoms with E-state index in [2.05, 4.69) is 9.88 Å². The normalized spacial score (nSPS) is 16.7. The highest BCUT2D eigenvalue weighted by atomic mass is 32.1. The molecule has 0 spiro atoms. The first-order valence-corrected chi connectivity index (χ1v) is 14.2. The van der Waals surface area contributed by atoms with Crippen LogP contribution in [0.4, 0.5) is 5.82 Å². The average Bonchev–Trinajstić information content (AvgIpc) is 3.43. The molecule has 0 atom stereocenters. The van der Waals surface area contributed by atoms with Crippen molar-refractivity contribution >= 4 is 29.0 Å².